The fourth-order valence-electron chi connectivity index (χ4n) is 2.52. The van der Waals surface area contributed by atoms with Crippen LogP contribution in [0.1, 0.15) is 25.3 Å². The molecule has 0 saturated carbocycles. The molecule has 1 unspecified atom stereocenters. The quantitative estimate of drug-likeness (QED) is 0.791. The number of hydrogen-bond acceptors (Lipinski definition) is 4. The third kappa shape index (κ3) is 3.23. The first-order valence-electron chi connectivity index (χ1n) is 6.73. The lowest BCUT2D eigenvalue weighted by atomic mass is 10.1. The number of methoxy groups -OCH3 is 1. The van der Waals surface area contributed by atoms with Crippen molar-refractivity contribution in [2.24, 2.45) is 0 Å². The van der Waals surface area contributed by atoms with Crippen LogP contribution in [0.15, 0.2) is 23.1 Å². The first-order valence-corrected chi connectivity index (χ1v) is 7.72. The molecule has 102 valence electrons. The standard InChI is InChI=1S/C15H20N2OS/c1-3-19-15-8-4-7-14(13(15)10-16)17-9-5-6-12(11-17)18-2/h4,7-8,12H,3,5-6,9,11H2,1-2H3. The highest BCUT2D eigenvalue weighted by molar-refractivity contribution is 7.99. The van der Waals surface area contributed by atoms with Crippen LogP contribution in [0.2, 0.25) is 0 Å². The number of piperidine rings is 1. The minimum atomic E-state index is 0.280. The number of thioether (sulfide) groups is 1. The SMILES string of the molecule is CCSc1cccc(N2CCCC(OC)C2)c1C#N. The molecule has 1 aromatic rings. The molecular formula is C15H20N2OS. The zero-order valence-corrected chi connectivity index (χ0v) is 12.4. The van der Waals surface area contributed by atoms with Crippen LogP contribution in [0.5, 0.6) is 0 Å². The second kappa shape index (κ2) is 6.83. The van der Waals surface area contributed by atoms with Crippen molar-refractivity contribution >= 4 is 17.4 Å². The highest BCUT2D eigenvalue weighted by Gasteiger charge is 2.22. The van der Waals surface area contributed by atoms with Gasteiger partial charge >= 0.3 is 0 Å². The van der Waals surface area contributed by atoms with Crippen LogP contribution in [-0.4, -0.2) is 32.1 Å². The minimum Gasteiger partial charge on any atom is -0.380 e. The largest absolute Gasteiger partial charge is 0.380 e. The summed E-state index contributed by atoms with van der Waals surface area (Å²) in [4.78, 5) is 3.37. The van der Waals surface area contributed by atoms with Gasteiger partial charge < -0.3 is 9.64 Å². The first-order chi connectivity index (χ1) is 9.30. The Kier molecular flexibility index (Phi) is 5.12. The van der Waals surface area contributed by atoms with E-state index in [1.54, 1.807) is 18.9 Å². The van der Waals surface area contributed by atoms with E-state index in [2.05, 4.69) is 24.0 Å². The summed E-state index contributed by atoms with van der Waals surface area (Å²) in [6, 6.07) is 8.51. The van der Waals surface area contributed by atoms with Crippen molar-refractivity contribution < 1.29 is 4.74 Å². The van der Waals surface area contributed by atoms with Gasteiger partial charge in [0.05, 0.1) is 17.4 Å². The molecule has 19 heavy (non-hydrogen) atoms. The van der Waals surface area contributed by atoms with Gasteiger partial charge in [0, 0.05) is 25.1 Å². The Bertz CT molecular complexity index is 470. The third-order valence-corrected chi connectivity index (χ3v) is 4.41. The summed E-state index contributed by atoms with van der Waals surface area (Å²) in [6.45, 7) is 4.00. The summed E-state index contributed by atoms with van der Waals surface area (Å²) in [5.74, 6) is 0.985. The number of hydrogen-bond donors (Lipinski definition) is 0. The van der Waals surface area contributed by atoms with Crippen molar-refractivity contribution in [3.8, 4) is 6.07 Å². The van der Waals surface area contributed by atoms with E-state index in [1.165, 1.54) is 0 Å². The predicted molar refractivity (Wildman–Crippen MR) is 79.8 cm³/mol. The molecule has 0 spiro atoms. The zero-order valence-electron chi connectivity index (χ0n) is 11.6. The van der Waals surface area contributed by atoms with Crippen molar-refractivity contribution in [2.45, 2.75) is 30.8 Å². The average molecular weight is 276 g/mol. The molecule has 0 aromatic heterocycles. The van der Waals surface area contributed by atoms with Crippen LogP contribution in [0.25, 0.3) is 0 Å². The van der Waals surface area contributed by atoms with Crippen molar-refractivity contribution in [1.29, 1.82) is 5.26 Å². The lowest BCUT2D eigenvalue weighted by Crippen LogP contribution is -2.39. The summed E-state index contributed by atoms with van der Waals surface area (Å²) < 4.78 is 5.46. The second-order valence-electron chi connectivity index (χ2n) is 4.64. The second-order valence-corrected chi connectivity index (χ2v) is 5.95. The fourth-order valence-corrected chi connectivity index (χ4v) is 3.30. The van der Waals surface area contributed by atoms with Gasteiger partial charge in [-0.2, -0.15) is 5.26 Å². The van der Waals surface area contributed by atoms with Crippen LogP contribution in [-0.2, 0) is 4.74 Å². The van der Waals surface area contributed by atoms with Gasteiger partial charge in [-0.25, -0.2) is 0 Å². The molecule has 1 saturated heterocycles. The van der Waals surface area contributed by atoms with Gasteiger partial charge in [-0.1, -0.05) is 13.0 Å². The Balaban J connectivity index is 2.28. The molecule has 4 heteroatoms. The molecule has 0 bridgehead atoms. The van der Waals surface area contributed by atoms with Crippen molar-refractivity contribution in [2.75, 3.05) is 30.9 Å². The normalized spacial score (nSPS) is 19.2. The molecule has 1 fully saturated rings. The smallest absolute Gasteiger partial charge is 0.103 e. The van der Waals surface area contributed by atoms with Gasteiger partial charge in [-0.3, -0.25) is 0 Å². The van der Waals surface area contributed by atoms with Gasteiger partial charge in [0.2, 0.25) is 0 Å². The molecule has 0 aliphatic carbocycles. The van der Waals surface area contributed by atoms with Gasteiger partial charge in [0.25, 0.3) is 0 Å². The molecule has 0 amide bonds. The minimum absolute atomic E-state index is 0.280. The Labute approximate surface area is 119 Å². The van der Waals surface area contributed by atoms with Gasteiger partial charge in [-0.15, -0.1) is 11.8 Å². The van der Waals surface area contributed by atoms with Gasteiger partial charge in [0.15, 0.2) is 0 Å². The van der Waals surface area contributed by atoms with E-state index >= 15 is 0 Å². The van der Waals surface area contributed by atoms with Crippen LogP contribution in [0.4, 0.5) is 5.69 Å². The first kappa shape index (κ1) is 14.2. The number of nitrogens with zero attached hydrogens (tertiary/aromatic N) is 2. The van der Waals surface area contributed by atoms with E-state index in [-0.39, 0.29) is 6.10 Å². The monoisotopic (exact) mass is 276 g/mol. The lowest BCUT2D eigenvalue weighted by molar-refractivity contribution is 0.0893. The number of anilines is 1. The van der Waals surface area contributed by atoms with E-state index in [9.17, 15) is 5.26 Å². The Morgan fingerprint density at radius 2 is 2.37 bits per heavy atom. The molecule has 1 aliphatic heterocycles. The van der Waals surface area contributed by atoms with Crippen molar-refractivity contribution in [1.82, 2.24) is 0 Å². The van der Waals surface area contributed by atoms with Crippen LogP contribution < -0.4 is 4.90 Å². The molecule has 1 atom stereocenters. The lowest BCUT2D eigenvalue weighted by Gasteiger charge is -2.34. The summed E-state index contributed by atoms with van der Waals surface area (Å²) in [5.41, 5.74) is 1.87. The molecule has 1 heterocycles. The zero-order chi connectivity index (χ0) is 13.7. The highest BCUT2D eigenvalue weighted by atomic mass is 32.2. The van der Waals surface area contributed by atoms with Gasteiger partial charge in [0.1, 0.15) is 6.07 Å². The maximum atomic E-state index is 9.46. The van der Waals surface area contributed by atoms with Crippen molar-refractivity contribution in [3.63, 3.8) is 0 Å². The predicted octanol–water partition coefficient (Wildman–Crippen LogP) is 3.29. The van der Waals surface area contributed by atoms with Crippen LogP contribution in [0, 0.1) is 11.3 Å². The van der Waals surface area contributed by atoms with E-state index < -0.39 is 0 Å². The van der Waals surface area contributed by atoms with E-state index in [4.69, 9.17) is 4.74 Å². The molecular weight excluding hydrogens is 256 g/mol. The number of rotatable bonds is 4. The number of ether oxygens (including phenoxy) is 1. The molecule has 1 aliphatic rings. The number of nitriles is 1. The maximum absolute atomic E-state index is 9.46. The average Bonchev–Trinajstić information content (AvgIpc) is 2.47. The van der Waals surface area contributed by atoms with E-state index in [1.807, 2.05) is 12.1 Å². The Morgan fingerprint density at radius 3 is 3.05 bits per heavy atom. The highest BCUT2D eigenvalue weighted by Crippen LogP contribution is 2.31. The number of benzene rings is 1. The fraction of sp³-hybridized carbons (Fsp3) is 0.533. The third-order valence-electron chi connectivity index (χ3n) is 3.47. The van der Waals surface area contributed by atoms with E-state index in [0.717, 1.165) is 47.8 Å². The molecule has 1 aromatic carbocycles. The summed E-state index contributed by atoms with van der Waals surface area (Å²) >= 11 is 1.73. The summed E-state index contributed by atoms with van der Waals surface area (Å²) in [6.07, 6.45) is 2.51. The van der Waals surface area contributed by atoms with Crippen molar-refractivity contribution in [3.05, 3.63) is 23.8 Å². The van der Waals surface area contributed by atoms with Crippen LogP contribution >= 0.6 is 11.8 Å². The topological polar surface area (TPSA) is 36.3 Å². The molecule has 2 rings (SSSR count). The summed E-state index contributed by atoms with van der Waals surface area (Å²) in [7, 11) is 1.77. The Hall–Kier alpha value is -1.18. The van der Waals surface area contributed by atoms with Gasteiger partial charge in [-0.05, 0) is 30.7 Å². The maximum Gasteiger partial charge on any atom is 0.103 e. The molecule has 3 nitrogen and oxygen atoms in total. The molecule has 0 radical (unpaired) electrons. The Morgan fingerprint density at radius 1 is 1.53 bits per heavy atom. The van der Waals surface area contributed by atoms with Crippen LogP contribution in [0.3, 0.4) is 0 Å². The molecule has 0 N–H and O–H groups in total. The van der Waals surface area contributed by atoms with E-state index in [0.29, 0.717) is 0 Å². The summed E-state index contributed by atoms with van der Waals surface area (Å²) in [5, 5.41) is 9.46.